The Morgan fingerprint density at radius 2 is 2.20 bits per heavy atom. The molecule has 1 aromatic rings. The number of nitrogen functional groups attached to an aromatic ring is 1. The van der Waals surface area contributed by atoms with Gasteiger partial charge in [0.15, 0.2) is 0 Å². The summed E-state index contributed by atoms with van der Waals surface area (Å²) in [6, 6.07) is 4.06. The fraction of sp³-hybridized carbons (Fsp3) is 0.667. The molecule has 2 N–H and O–H groups in total. The maximum absolute atomic E-state index is 12.5. The first-order valence-corrected chi connectivity index (χ1v) is 8.89. The average Bonchev–Trinajstić information content (AvgIpc) is 3.36. The highest BCUT2D eigenvalue weighted by Crippen LogP contribution is 2.29. The standard InChI is InChI=1S/C18H28N4O3/c1-18(2,3)25-17(23)22(13-4-5-13)12-15-11-21(8-9-24-15)14-6-7-16(19)20-10-14/h6-7,10,13,15H,4-5,8-9,11-12H2,1-3H3,(H2,19,20)/t15-/m0/s1. The third kappa shape index (κ3) is 4.98. The van der Waals surface area contributed by atoms with Gasteiger partial charge in [0.05, 0.1) is 31.1 Å². The molecule has 25 heavy (non-hydrogen) atoms. The molecule has 1 saturated heterocycles. The Balaban J connectivity index is 1.62. The molecule has 1 aromatic heterocycles. The van der Waals surface area contributed by atoms with Gasteiger partial charge in [0.25, 0.3) is 0 Å². The quantitative estimate of drug-likeness (QED) is 0.899. The summed E-state index contributed by atoms with van der Waals surface area (Å²) in [5, 5.41) is 0. The van der Waals surface area contributed by atoms with Crippen molar-refractivity contribution in [3.63, 3.8) is 0 Å². The number of anilines is 2. The van der Waals surface area contributed by atoms with Crippen LogP contribution in [-0.4, -0.2) is 60.0 Å². The normalized spacial score (nSPS) is 21.1. The lowest BCUT2D eigenvalue weighted by atomic mass is 10.2. The Labute approximate surface area is 149 Å². The highest BCUT2D eigenvalue weighted by atomic mass is 16.6. The Morgan fingerprint density at radius 3 is 2.80 bits per heavy atom. The summed E-state index contributed by atoms with van der Waals surface area (Å²) in [7, 11) is 0. The molecular formula is C18H28N4O3. The second kappa shape index (κ2) is 7.07. The lowest BCUT2D eigenvalue weighted by Crippen LogP contribution is -2.50. The molecule has 1 atom stereocenters. The summed E-state index contributed by atoms with van der Waals surface area (Å²) in [5.41, 5.74) is 6.20. The first-order chi connectivity index (χ1) is 11.8. The van der Waals surface area contributed by atoms with Crippen molar-refractivity contribution in [2.45, 2.75) is 51.4 Å². The molecule has 2 fully saturated rings. The van der Waals surface area contributed by atoms with Crippen LogP contribution >= 0.6 is 0 Å². The molecule has 0 bridgehead atoms. The molecule has 1 amide bonds. The van der Waals surface area contributed by atoms with E-state index in [2.05, 4.69) is 9.88 Å². The predicted octanol–water partition coefficient (Wildman–Crippen LogP) is 2.27. The van der Waals surface area contributed by atoms with Gasteiger partial charge >= 0.3 is 6.09 Å². The van der Waals surface area contributed by atoms with Crippen LogP contribution in [0.1, 0.15) is 33.6 Å². The zero-order chi connectivity index (χ0) is 18.0. The lowest BCUT2D eigenvalue weighted by Gasteiger charge is -2.37. The highest BCUT2D eigenvalue weighted by molar-refractivity contribution is 5.69. The van der Waals surface area contributed by atoms with E-state index in [-0.39, 0.29) is 18.2 Å². The third-order valence-corrected chi connectivity index (χ3v) is 4.29. The minimum atomic E-state index is -0.487. The summed E-state index contributed by atoms with van der Waals surface area (Å²) in [6.45, 7) is 8.38. The summed E-state index contributed by atoms with van der Waals surface area (Å²) < 4.78 is 11.5. The smallest absolute Gasteiger partial charge is 0.410 e. The summed E-state index contributed by atoms with van der Waals surface area (Å²) in [5.74, 6) is 0.512. The van der Waals surface area contributed by atoms with Gasteiger partial charge in [-0.25, -0.2) is 9.78 Å². The maximum atomic E-state index is 12.5. The lowest BCUT2D eigenvalue weighted by molar-refractivity contribution is -0.00903. The topological polar surface area (TPSA) is 80.9 Å². The van der Waals surface area contributed by atoms with Crippen LogP contribution in [0.3, 0.4) is 0 Å². The number of morpholine rings is 1. The fourth-order valence-electron chi connectivity index (χ4n) is 2.95. The minimum absolute atomic E-state index is 0.0422. The van der Waals surface area contributed by atoms with Gasteiger partial charge in [-0.2, -0.15) is 0 Å². The number of aromatic nitrogens is 1. The molecule has 1 aliphatic heterocycles. The van der Waals surface area contributed by atoms with Crippen molar-refractivity contribution < 1.29 is 14.3 Å². The largest absolute Gasteiger partial charge is 0.444 e. The number of rotatable bonds is 4. The van der Waals surface area contributed by atoms with Gasteiger partial charge in [-0.3, -0.25) is 0 Å². The molecule has 1 aliphatic carbocycles. The molecule has 2 aliphatic rings. The van der Waals surface area contributed by atoms with Crippen molar-refractivity contribution in [2.24, 2.45) is 0 Å². The first-order valence-electron chi connectivity index (χ1n) is 8.89. The highest BCUT2D eigenvalue weighted by Gasteiger charge is 2.37. The molecule has 138 valence electrons. The number of ether oxygens (including phenoxy) is 2. The molecule has 0 radical (unpaired) electrons. The van der Waals surface area contributed by atoms with E-state index in [1.165, 1.54) is 0 Å². The van der Waals surface area contributed by atoms with Crippen molar-refractivity contribution in [2.75, 3.05) is 36.9 Å². The first kappa shape index (κ1) is 17.8. The van der Waals surface area contributed by atoms with E-state index >= 15 is 0 Å². The monoisotopic (exact) mass is 348 g/mol. The second-order valence-corrected chi connectivity index (χ2v) is 7.74. The number of pyridine rings is 1. The van der Waals surface area contributed by atoms with Crippen LogP contribution in [0.25, 0.3) is 0 Å². The Kier molecular flexibility index (Phi) is 5.03. The number of hydrogen-bond acceptors (Lipinski definition) is 6. The van der Waals surface area contributed by atoms with Crippen molar-refractivity contribution in [3.05, 3.63) is 18.3 Å². The van der Waals surface area contributed by atoms with Crippen LogP contribution < -0.4 is 10.6 Å². The van der Waals surface area contributed by atoms with Crippen molar-refractivity contribution in [1.29, 1.82) is 0 Å². The van der Waals surface area contributed by atoms with Crippen LogP contribution in [0.4, 0.5) is 16.3 Å². The van der Waals surface area contributed by atoms with Gasteiger partial charge in [0, 0.05) is 19.1 Å². The van der Waals surface area contributed by atoms with Crippen molar-refractivity contribution >= 4 is 17.6 Å². The van der Waals surface area contributed by atoms with Crippen LogP contribution in [0.5, 0.6) is 0 Å². The van der Waals surface area contributed by atoms with Gasteiger partial charge in [-0.15, -0.1) is 0 Å². The van der Waals surface area contributed by atoms with Gasteiger partial charge < -0.3 is 25.0 Å². The second-order valence-electron chi connectivity index (χ2n) is 7.74. The van der Waals surface area contributed by atoms with E-state index in [1.807, 2.05) is 31.7 Å². The van der Waals surface area contributed by atoms with Crippen molar-refractivity contribution in [1.82, 2.24) is 9.88 Å². The molecule has 0 aromatic carbocycles. The van der Waals surface area contributed by atoms with E-state index < -0.39 is 5.60 Å². The van der Waals surface area contributed by atoms with E-state index in [9.17, 15) is 4.79 Å². The van der Waals surface area contributed by atoms with Gasteiger partial charge in [0.2, 0.25) is 0 Å². The van der Waals surface area contributed by atoms with Crippen LogP contribution in [0, 0.1) is 0 Å². The molecule has 1 saturated carbocycles. The molecular weight excluding hydrogens is 320 g/mol. The number of nitrogens with two attached hydrogens (primary N) is 1. The summed E-state index contributed by atoms with van der Waals surface area (Å²) in [4.78, 5) is 20.7. The molecule has 0 spiro atoms. The zero-order valence-electron chi connectivity index (χ0n) is 15.3. The molecule has 7 nitrogen and oxygen atoms in total. The van der Waals surface area contributed by atoms with E-state index in [0.29, 0.717) is 19.0 Å². The van der Waals surface area contributed by atoms with Crippen molar-refractivity contribution in [3.8, 4) is 0 Å². The fourth-order valence-corrected chi connectivity index (χ4v) is 2.95. The average molecular weight is 348 g/mol. The van der Waals surface area contributed by atoms with Crippen LogP contribution in [0.15, 0.2) is 18.3 Å². The number of carbonyl (C=O) groups excluding carboxylic acids is 1. The summed E-state index contributed by atoms with van der Waals surface area (Å²) >= 11 is 0. The SMILES string of the molecule is CC(C)(C)OC(=O)N(C[C@@H]1CN(c2ccc(N)nc2)CCO1)C1CC1. The molecule has 3 rings (SSSR count). The number of nitrogens with zero attached hydrogens (tertiary/aromatic N) is 3. The third-order valence-electron chi connectivity index (χ3n) is 4.29. The number of carbonyl (C=O) groups is 1. The van der Waals surface area contributed by atoms with Gasteiger partial charge in [-0.1, -0.05) is 0 Å². The Hall–Kier alpha value is -2.02. The van der Waals surface area contributed by atoms with Gasteiger partial charge in [0.1, 0.15) is 11.4 Å². The zero-order valence-corrected chi connectivity index (χ0v) is 15.3. The van der Waals surface area contributed by atoms with E-state index in [1.54, 1.807) is 12.3 Å². The molecule has 7 heteroatoms. The maximum Gasteiger partial charge on any atom is 0.410 e. The van der Waals surface area contributed by atoms with Gasteiger partial charge in [-0.05, 0) is 45.7 Å². The summed E-state index contributed by atoms with van der Waals surface area (Å²) in [6.07, 6.45) is 3.57. The Bertz CT molecular complexity index is 595. The number of hydrogen-bond donors (Lipinski definition) is 1. The van der Waals surface area contributed by atoms with Crippen LogP contribution in [-0.2, 0) is 9.47 Å². The predicted molar refractivity (Wildman–Crippen MR) is 96.6 cm³/mol. The Morgan fingerprint density at radius 1 is 1.44 bits per heavy atom. The molecule has 0 unspecified atom stereocenters. The number of amides is 1. The van der Waals surface area contributed by atoms with Crippen LogP contribution in [0.2, 0.25) is 0 Å². The molecule has 2 heterocycles. The van der Waals surface area contributed by atoms with E-state index in [0.717, 1.165) is 31.6 Å². The van der Waals surface area contributed by atoms with E-state index in [4.69, 9.17) is 15.2 Å². The minimum Gasteiger partial charge on any atom is -0.444 e.